The minimum Gasteiger partial charge on any atom is -0.490 e. The van der Waals surface area contributed by atoms with E-state index in [0.717, 1.165) is 11.8 Å². The van der Waals surface area contributed by atoms with E-state index in [0.29, 0.717) is 17.7 Å². The van der Waals surface area contributed by atoms with Crippen LogP contribution in [0.15, 0.2) is 18.2 Å². The van der Waals surface area contributed by atoms with Crippen LogP contribution in [0.4, 0.5) is 0 Å². The van der Waals surface area contributed by atoms with Crippen molar-refractivity contribution in [3.05, 3.63) is 29.3 Å². The predicted octanol–water partition coefficient (Wildman–Crippen LogP) is 1.96. The lowest BCUT2D eigenvalue weighted by Crippen LogP contribution is -2.17. The minimum absolute atomic E-state index is 0.224. The maximum absolute atomic E-state index is 10.8. The number of carbonyl (C=O) groups is 1. The van der Waals surface area contributed by atoms with Gasteiger partial charge >= 0.3 is 0 Å². The Hall–Kier alpha value is -1.35. The zero-order valence-electron chi connectivity index (χ0n) is 9.06. The first-order valence-corrected chi connectivity index (χ1v) is 5.04. The summed E-state index contributed by atoms with van der Waals surface area (Å²) in [5, 5.41) is 9.36. The summed E-state index contributed by atoms with van der Waals surface area (Å²) in [4.78, 5) is 10.8. The SMILES string of the molecule is CCC(O)COc1c(C)cccc1C=O. The van der Waals surface area contributed by atoms with Crippen LogP contribution in [-0.2, 0) is 0 Å². The Morgan fingerprint density at radius 3 is 2.87 bits per heavy atom. The van der Waals surface area contributed by atoms with Gasteiger partial charge in [0.1, 0.15) is 12.4 Å². The van der Waals surface area contributed by atoms with Crippen LogP contribution in [0.3, 0.4) is 0 Å². The van der Waals surface area contributed by atoms with Crippen molar-refractivity contribution in [2.75, 3.05) is 6.61 Å². The van der Waals surface area contributed by atoms with E-state index >= 15 is 0 Å². The van der Waals surface area contributed by atoms with Crippen molar-refractivity contribution in [3.63, 3.8) is 0 Å². The molecule has 0 aliphatic carbocycles. The number of carbonyl (C=O) groups excluding carboxylic acids is 1. The number of aldehydes is 1. The van der Waals surface area contributed by atoms with Crippen molar-refractivity contribution in [3.8, 4) is 5.75 Å². The molecule has 0 spiro atoms. The second kappa shape index (κ2) is 5.51. The predicted molar refractivity (Wildman–Crippen MR) is 58.4 cm³/mol. The van der Waals surface area contributed by atoms with Crippen LogP contribution in [0.2, 0.25) is 0 Å². The molecule has 1 rings (SSSR count). The number of rotatable bonds is 5. The zero-order valence-corrected chi connectivity index (χ0v) is 9.06. The molecule has 1 N–H and O–H groups in total. The topological polar surface area (TPSA) is 46.5 Å². The van der Waals surface area contributed by atoms with Gasteiger partial charge in [0.15, 0.2) is 6.29 Å². The Morgan fingerprint density at radius 2 is 2.27 bits per heavy atom. The number of para-hydroxylation sites is 1. The molecule has 0 bridgehead atoms. The fourth-order valence-electron chi connectivity index (χ4n) is 1.26. The van der Waals surface area contributed by atoms with Crippen LogP contribution in [0, 0.1) is 6.92 Å². The highest BCUT2D eigenvalue weighted by Gasteiger charge is 2.08. The second-order valence-electron chi connectivity index (χ2n) is 3.48. The van der Waals surface area contributed by atoms with Crippen molar-refractivity contribution in [1.29, 1.82) is 0 Å². The van der Waals surface area contributed by atoms with Gasteiger partial charge in [-0.1, -0.05) is 19.1 Å². The van der Waals surface area contributed by atoms with E-state index in [-0.39, 0.29) is 6.61 Å². The Kier molecular flexibility index (Phi) is 4.31. The second-order valence-corrected chi connectivity index (χ2v) is 3.48. The van der Waals surface area contributed by atoms with Crippen molar-refractivity contribution in [2.45, 2.75) is 26.4 Å². The first-order chi connectivity index (χ1) is 7.19. The van der Waals surface area contributed by atoms with Crippen molar-refractivity contribution >= 4 is 6.29 Å². The maximum atomic E-state index is 10.8. The van der Waals surface area contributed by atoms with Gasteiger partial charge in [-0.3, -0.25) is 4.79 Å². The highest BCUT2D eigenvalue weighted by atomic mass is 16.5. The van der Waals surface area contributed by atoms with E-state index in [2.05, 4.69) is 0 Å². The van der Waals surface area contributed by atoms with Gasteiger partial charge in [-0.2, -0.15) is 0 Å². The van der Waals surface area contributed by atoms with E-state index in [4.69, 9.17) is 4.74 Å². The number of aliphatic hydroxyl groups is 1. The molecule has 82 valence electrons. The molecule has 3 heteroatoms. The lowest BCUT2D eigenvalue weighted by atomic mass is 10.1. The summed E-state index contributed by atoms with van der Waals surface area (Å²) in [5.41, 5.74) is 1.43. The Balaban J connectivity index is 2.78. The highest BCUT2D eigenvalue weighted by Crippen LogP contribution is 2.21. The van der Waals surface area contributed by atoms with Crippen LogP contribution in [0.25, 0.3) is 0 Å². The number of hydrogen-bond acceptors (Lipinski definition) is 3. The van der Waals surface area contributed by atoms with E-state index < -0.39 is 6.10 Å². The number of aliphatic hydroxyl groups excluding tert-OH is 1. The van der Waals surface area contributed by atoms with Crippen molar-refractivity contribution in [1.82, 2.24) is 0 Å². The molecule has 0 saturated heterocycles. The molecule has 0 aliphatic heterocycles. The van der Waals surface area contributed by atoms with Crippen LogP contribution >= 0.6 is 0 Å². The van der Waals surface area contributed by atoms with Crippen LogP contribution in [0.5, 0.6) is 5.75 Å². The molecule has 1 aromatic carbocycles. The molecular formula is C12H16O3. The average Bonchev–Trinajstić information content (AvgIpc) is 2.26. The number of aryl methyl sites for hydroxylation is 1. The summed E-state index contributed by atoms with van der Waals surface area (Å²) in [7, 11) is 0. The number of benzene rings is 1. The van der Waals surface area contributed by atoms with Gasteiger partial charge in [0.25, 0.3) is 0 Å². The summed E-state index contributed by atoms with van der Waals surface area (Å²) in [5.74, 6) is 0.569. The molecule has 3 nitrogen and oxygen atoms in total. The lowest BCUT2D eigenvalue weighted by molar-refractivity contribution is 0.101. The molecule has 0 fully saturated rings. The van der Waals surface area contributed by atoms with E-state index in [1.54, 1.807) is 6.07 Å². The first kappa shape index (κ1) is 11.7. The summed E-state index contributed by atoms with van der Waals surface area (Å²) < 4.78 is 5.43. The smallest absolute Gasteiger partial charge is 0.153 e. The third kappa shape index (κ3) is 3.06. The van der Waals surface area contributed by atoms with Gasteiger partial charge in [0, 0.05) is 0 Å². The van der Waals surface area contributed by atoms with E-state index in [9.17, 15) is 9.90 Å². The van der Waals surface area contributed by atoms with Crippen LogP contribution < -0.4 is 4.74 Å². The third-order valence-corrected chi connectivity index (χ3v) is 2.26. The zero-order chi connectivity index (χ0) is 11.3. The quantitative estimate of drug-likeness (QED) is 0.752. The van der Waals surface area contributed by atoms with Gasteiger partial charge in [-0.25, -0.2) is 0 Å². The monoisotopic (exact) mass is 208 g/mol. The molecule has 1 aromatic rings. The van der Waals surface area contributed by atoms with Gasteiger partial charge in [0.2, 0.25) is 0 Å². The summed E-state index contributed by atoms with van der Waals surface area (Å²) in [6, 6.07) is 5.39. The molecule has 0 radical (unpaired) electrons. The van der Waals surface area contributed by atoms with Gasteiger partial charge in [-0.05, 0) is 25.0 Å². The lowest BCUT2D eigenvalue weighted by Gasteiger charge is -2.13. The summed E-state index contributed by atoms with van der Waals surface area (Å²) >= 11 is 0. The molecule has 0 heterocycles. The molecule has 0 aromatic heterocycles. The van der Waals surface area contributed by atoms with Gasteiger partial charge in [0.05, 0.1) is 11.7 Å². The van der Waals surface area contributed by atoms with Gasteiger partial charge < -0.3 is 9.84 Å². The highest BCUT2D eigenvalue weighted by molar-refractivity contribution is 5.80. The fourth-order valence-corrected chi connectivity index (χ4v) is 1.26. The maximum Gasteiger partial charge on any atom is 0.153 e. The number of hydrogen-bond donors (Lipinski definition) is 1. The van der Waals surface area contributed by atoms with Gasteiger partial charge in [-0.15, -0.1) is 0 Å². The standard InChI is InChI=1S/C12H16O3/c1-3-11(14)8-15-12-9(2)5-4-6-10(12)7-13/h4-7,11,14H,3,8H2,1-2H3. The van der Waals surface area contributed by atoms with E-state index in [1.165, 1.54) is 0 Å². The largest absolute Gasteiger partial charge is 0.490 e. The average molecular weight is 208 g/mol. The number of ether oxygens (including phenoxy) is 1. The van der Waals surface area contributed by atoms with Crippen molar-refractivity contribution in [2.24, 2.45) is 0 Å². The van der Waals surface area contributed by atoms with E-state index in [1.807, 2.05) is 26.0 Å². The minimum atomic E-state index is -0.482. The normalized spacial score (nSPS) is 12.2. The van der Waals surface area contributed by atoms with Crippen LogP contribution in [0.1, 0.15) is 29.3 Å². The molecule has 15 heavy (non-hydrogen) atoms. The molecule has 1 unspecified atom stereocenters. The molecular weight excluding hydrogens is 192 g/mol. The third-order valence-electron chi connectivity index (χ3n) is 2.26. The Bertz CT molecular complexity index is 334. The molecule has 0 saturated carbocycles. The Morgan fingerprint density at radius 1 is 1.53 bits per heavy atom. The molecule has 0 amide bonds. The molecule has 0 aliphatic rings. The molecule has 1 atom stereocenters. The van der Waals surface area contributed by atoms with Crippen LogP contribution in [-0.4, -0.2) is 24.1 Å². The summed E-state index contributed by atoms with van der Waals surface area (Å²) in [6.07, 6.45) is 0.923. The first-order valence-electron chi connectivity index (χ1n) is 5.04. The fraction of sp³-hybridized carbons (Fsp3) is 0.417. The van der Waals surface area contributed by atoms with Crippen molar-refractivity contribution < 1.29 is 14.6 Å². The summed E-state index contributed by atoms with van der Waals surface area (Å²) in [6.45, 7) is 3.98. The Labute approximate surface area is 89.7 Å².